The number of nitrogens with zero attached hydrogens (tertiary/aromatic N) is 1. The molecule has 7 nitrogen and oxygen atoms in total. The highest BCUT2D eigenvalue weighted by Crippen LogP contribution is 2.29. The molecule has 30 heavy (non-hydrogen) atoms. The molecule has 7 heteroatoms. The SMILES string of the molecule is COc1cc([N+](=O)[O-])ccc1NC(=O)/C=C/c1ccc(OCc2ccccc2)cc1. The summed E-state index contributed by atoms with van der Waals surface area (Å²) in [5.41, 5.74) is 2.14. The lowest BCUT2D eigenvalue weighted by Crippen LogP contribution is -2.09. The van der Waals surface area contributed by atoms with E-state index in [1.165, 1.54) is 31.4 Å². The largest absolute Gasteiger partial charge is 0.494 e. The van der Waals surface area contributed by atoms with E-state index in [2.05, 4.69) is 5.32 Å². The molecule has 3 rings (SSSR count). The van der Waals surface area contributed by atoms with E-state index in [0.717, 1.165) is 16.9 Å². The molecule has 1 N–H and O–H groups in total. The Bertz CT molecular complexity index is 1050. The first kappa shape index (κ1) is 20.6. The third kappa shape index (κ3) is 5.68. The van der Waals surface area contributed by atoms with Crippen LogP contribution < -0.4 is 14.8 Å². The fourth-order valence-corrected chi connectivity index (χ4v) is 2.66. The Kier molecular flexibility index (Phi) is 6.78. The maximum absolute atomic E-state index is 12.2. The van der Waals surface area contributed by atoms with Crippen LogP contribution in [0.5, 0.6) is 11.5 Å². The normalized spacial score (nSPS) is 10.6. The number of amides is 1. The maximum Gasteiger partial charge on any atom is 0.273 e. The molecule has 3 aromatic rings. The number of rotatable bonds is 8. The van der Waals surface area contributed by atoms with E-state index >= 15 is 0 Å². The summed E-state index contributed by atoms with van der Waals surface area (Å²) in [6.07, 6.45) is 3.04. The zero-order valence-electron chi connectivity index (χ0n) is 16.3. The molecule has 0 saturated carbocycles. The topological polar surface area (TPSA) is 90.7 Å². The standard InChI is InChI=1S/C23H20N2O5/c1-29-22-15-19(25(27)28)10-13-21(22)24-23(26)14-9-17-7-11-20(12-8-17)30-16-18-5-3-2-4-6-18/h2-15H,16H2,1H3,(H,24,26)/b14-9+. The lowest BCUT2D eigenvalue weighted by molar-refractivity contribution is -0.384. The summed E-state index contributed by atoms with van der Waals surface area (Å²) < 4.78 is 10.8. The van der Waals surface area contributed by atoms with Crippen molar-refractivity contribution >= 4 is 23.4 Å². The van der Waals surface area contributed by atoms with Gasteiger partial charge in [0, 0.05) is 12.1 Å². The van der Waals surface area contributed by atoms with Gasteiger partial charge in [-0.25, -0.2) is 0 Å². The molecule has 0 aromatic heterocycles. The second-order valence-electron chi connectivity index (χ2n) is 6.31. The van der Waals surface area contributed by atoms with Crippen LogP contribution in [-0.2, 0) is 11.4 Å². The van der Waals surface area contributed by atoms with Gasteiger partial charge >= 0.3 is 0 Å². The molecule has 3 aromatic carbocycles. The van der Waals surface area contributed by atoms with E-state index in [0.29, 0.717) is 12.3 Å². The second-order valence-corrected chi connectivity index (χ2v) is 6.31. The number of carbonyl (C=O) groups excluding carboxylic acids is 1. The summed E-state index contributed by atoms with van der Waals surface area (Å²) in [6, 6.07) is 21.2. The minimum absolute atomic E-state index is 0.116. The van der Waals surface area contributed by atoms with Crippen molar-refractivity contribution in [3.05, 3.63) is 100 Å². The third-order valence-electron chi connectivity index (χ3n) is 4.21. The van der Waals surface area contributed by atoms with Gasteiger partial charge in [-0.3, -0.25) is 14.9 Å². The predicted molar refractivity (Wildman–Crippen MR) is 115 cm³/mol. The lowest BCUT2D eigenvalue weighted by atomic mass is 10.2. The number of anilines is 1. The molecule has 0 unspecified atom stereocenters. The number of nitrogens with one attached hydrogen (secondary N) is 1. The van der Waals surface area contributed by atoms with Gasteiger partial charge < -0.3 is 14.8 Å². The predicted octanol–water partition coefficient (Wildman–Crippen LogP) is 4.83. The Labute approximate surface area is 173 Å². The van der Waals surface area contributed by atoms with E-state index in [-0.39, 0.29) is 17.3 Å². The Balaban J connectivity index is 1.57. The number of carbonyl (C=O) groups is 1. The first-order valence-corrected chi connectivity index (χ1v) is 9.13. The molecule has 1 amide bonds. The maximum atomic E-state index is 12.2. The lowest BCUT2D eigenvalue weighted by Gasteiger charge is -2.08. The van der Waals surface area contributed by atoms with Crippen molar-refractivity contribution in [1.82, 2.24) is 0 Å². The van der Waals surface area contributed by atoms with Crippen molar-refractivity contribution in [2.75, 3.05) is 12.4 Å². The van der Waals surface area contributed by atoms with Crippen molar-refractivity contribution in [3.63, 3.8) is 0 Å². The molecule has 0 saturated heterocycles. The van der Waals surface area contributed by atoms with Crippen LogP contribution >= 0.6 is 0 Å². The Morgan fingerprint density at radius 1 is 1.07 bits per heavy atom. The summed E-state index contributed by atoms with van der Waals surface area (Å²) in [7, 11) is 1.38. The van der Waals surface area contributed by atoms with Crippen LogP contribution in [0.3, 0.4) is 0 Å². The third-order valence-corrected chi connectivity index (χ3v) is 4.21. The summed E-state index contributed by atoms with van der Waals surface area (Å²) in [5, 5.41) is 13.5. The summed E-state index contributed by atoms with van der Waals surface area (Å²) in [5.74, 6) is 0.563. The highest BCUT2D eigenvalue weighted by atomic mass is 16.6. The van der Waals surface area contributed by atoms with Gasteiger partial charge in [0.15, 0.2) is 0 Å². The summed E-state index contributed by atoms with van der Waals surface area (Å²) in [6.45, 7) is 0.482. The monoisotopic (exact) mass is 404 g/mol. The molecule has 0 spiro atoms. The average Bonchev–Trinajstić information content (AvgIpc) is 2.77. The number of methoxy groups -OCH3 is 1. The van der Waals surface area contributed by atoms with Crippen LogP contribution in [0.25, 0.3) is 6.08 Å². The first-order chi connectivity index (χ1) is 14.5. The van der Waals surface area contributed by atoms with Gasteiger partial charge in [-0.05, 0) is 35.4 Å². The molecule has 0 heterocycles. The van der Waals surface area contributed by atoms with Gasteiger partial charge in [-0.2, -0.15) is 0 Å². The van der Waals surface area contributed by atoms with E-state index in [1.807, 2.05) is 54.6 Å². The van der Waals surface area contributed by atoms with Crippen molar-refractivity contribution in [3.8, 4) is 11.5 Å². The second kappa shape index (κ2) is 9.88. The van der Waals surface area contributed by atoms with Gasteiger partial charge in [0.25, 0.3) is 5.69 Å². The van der Waals surface area contributed by atoms with E-state index in [4.69, 9.17) is 9.47 Å². The molecular formula is C23H20N2O5. The molecule has 152 valence electrons. The van der Waals surface area contributed by atoms with Gasteiger partial charge in [0.05, 0.1) is 23.8 Å². The van der Waals surface area contributed by atoms with Crippen LogP contribution in [0.4, 0.5) is 11.4 Å². The number of nitro benzene ring substituents is 1. The number of hydrogen-bond acceptors (Lipinski definition) is 5. The van der Waals surface area contributed by atoms with Gasteiger partial charge in [0.2, 0.25) is 5.91 Å². The van der Waals surface area contributed by atoms with Crippen molar-refractivity contribution in [2.45, 2.75) is 6.61 Å². The number of nitro groups is 1. The van der Waals surface area contributed by atoms with Gasteiger partial charge in [0.1, 0.15) is 18.1 Å². The van der Waals surface area contributed by atoms with Crippen LogP contribution in [0.15, 0.2) is 78.9 Å². The Morgan fingerprint density at radius 2 is 1.80 bits per heavy atom. The number of non-ortho nitro benzene ring substituents is 1. The van der Waals surface area contributed by atoms with Crippen LogP contribution in [0, 0.1) is 10.1 Å². The quantitative estimate of drug-likeness (QED) is 0.330. The molecule has 0 aliphatic carbocycles. The van der Waals surface area contributed by atoms with Crippen LogP contribution in [-0.4, -0.2) is 17.9 Å². The number of ether oxygens (including phenoxy) is 2. The highest BCUT2D eigenvalue weighted by molar-refractivity contribution is 6.02. The van der Waals surface area contributed by atoms with Crippen LogP contribution in [0.1, 0.15) is 11.1 Å². The van der Waals surface area contributed by atoms with Crippen molar-refractivity contribution in [2.24, 2.45) is 0 Å². The minimum Gasteiger partial charge on any atom is -0.494 e. The van der Waals surface area contributed by atoms with Gasteiger partial charge in [-0.1, -0.05) is 42.5 Å². The first-order valence-electron chi connectivity index (χ1n) is 9.13. The van der Waals surface area contributed by atoms with E-state index in [1.54, 1.807) is 6.08 Å². The summed E-state index contributed by atoms with van der Waals surface area (Å²) >= 11 is 0. The smallest absolute Gasteiger partial charge is 0.273 e. The summed E-state index contributed by atoms with van der Waals surface area (Å²) in [4.78, 5) is 22.5. The fourth-order valence-electron chi connectivity index (χ4n) is 2.66. The Hall–Kier alpha value is -4.13. The molecule has 0 aliphatic rings. The molecule has 0 radical (unpaired) electrons. The highest BCUT2D eigenvalue weighted by Gasteiger charge is 2.12. The van der Waals surface area contributed by atoms with Crippen LogP contribution in [0.2, 0.25) is 0 Å². The molecule has 0 aliphatic heterocycles. The zero-order valence-corrected chi connectivity index (χ0v) is 16.3. The number of benzene rings is 3. The zero-order chi connectivity index (χ0) is 21.3. The molecular weight excluding hydrogens is 384 g/mol. The van der Waals surface area contributed by atoms with Crippen molar-refractivity contribution < 1.29 is 19.2 Å². The molecule has 0 fully saturated rings. The number of hydrogen-bond donors (Lipinski definition) is 1. The Morgan fingerprint density at radius 3 is 2.47 bits per heavy atom. The molecule has 0 atom stereocenters. The fraction of sp³-hybridized carbons (Fsp3) is 0.0870. The van der Waals surface area contributed by atoms with Crippen molar-refractivity contribution in [1.29, 1.82) is 0 Å². The minimum atomic E-state index is -0.527. The van der Waals surface area contributed by atoms with E-state index in [9.17, 15) is 14.9 Å². The molecule has 0 bridgehead atoms. The average molecular weight is 404 g/mol. The van der Waals surface area contributed by atoms with Gasteiger partial charge in [-0.15, -0.1) is 0 Å². The van der Waals surface area contributed by atoms with E-state index < -0.39 is 4.92 Å².